The van der Waals surface area contributed by atoms with E-state index in [9.17, 15) is 9.50 Å². The number of benzene rings is 2. The number of hydrogen-bond donors (Lipinski definition) is 1. The molecule has 0 fully saturated rings. The Bertz CT molecular complexity index is 661. The van der Waals surface area contributed by atoms with Crippen LogP contribution in [-0.4, -0.2) is 5.11 Å². The fourth-order valence-electron chi connectivity index (χ4n) is 1.80. The number of allylic oxidation sites excluding steroid dienone is 1. The molecular formula is C16H13Cl2FO2. The van der Waals surface area contributed by atoms with Crippen molar-refractivity contribution >= 4 is 29.0 Å². The normalized spacial score (nSPS) is 11.5. The Morgan fingerprint density at radius 2 is 1.90 bits per heavy atom. The highest BCUT2D eigenvalue weighted by atomic mass is 35.5. The number of halogens is 3. The molecule has 0 aliphatic heterocycles. The van der Waals surface area contributed by atoms with Gasteiger partial charge in [-0.25, -0.2) is 4.39 Å². The SMILES string of the molecule is CCC=C(Oc1c(Cl)cc(O)cc1Cl)c1cccc(F)c1. The molecule has 0 aliphatic carbocycles. The Balaban J connectivity index is 2.41. The lowest BCUT2D eigenvalue weighted by Crippen LogP contribution is -1.97. The molecule has 21 heavy (non-hydrogen) atoms. The Hall–Kier alpha value is -1.71. The van der Waals surface area contributed by atoms with Crippen LogP contribution in [0.4, 0.5) is 4.39 Å². The first kappa shape index (κ1) is 15.7. The summed E-state index contributed by atoms with van der Waals surface area (Å²) in [4.78, 5) is 0. The third-order valence-corrected chi connectivity index (χ3v) is 3.26. The highest BCUT2D eigenvalue weighted by molar-refractivity contribution is 6.37. The summed E-state index contributed by atoms with van der Waals surface area (Å²) in [5.74, 6) is 0.261. The van der Waals surface area contributed by atoms with Crippen LogP contribution >= 0.6 is 23.2 Å². The molecule has 0 atom stereocenters. The van der Waals surface area contributed by atoms with Crippen molar-refractivity contribution < 1.29 is 14.2 Å². The quantitative estimate of drug-likeness (QED) is 0.733. The number of rotatable bonds is 4. The van der Waals surface area contributed by atoms with Gasteiger partial charge in [-0.2, -0.15) is 0 Å². The minimum Gasteiger partial charge on any atom is -0.508 e. The molecule has 2 aromatic carbocycles. The highest BCUT2D eigenvalue weighted by Gasteiger charge is 2.13. The van der Waals surface area contributed by atoms with E-state index >= 15 is 0 Å². The molecule has 0 bridgehead atoms. The van der Waals surface area contributed by atoms with E-state index in [1.165, 1.54) is 24.3 Å². The Morgan fingerprint density at radius 1 is 1.24 bits per heavy atom. The molecule has 0 radical (unpaired) electrons. The van der Waals surface area contributed by atoms with Gasteiger partial charge in [0.25, 0.3) is 0 Å². The molecule has 0 spiro atoms. The van der Waals surface area contributed by atoms with Crippen molar-refractivity contribution in [1.29, 1.82) is 0 Å². The van der Waals surface area contributed by atoms with Gasteiger partial charge in [0.15, 0.2) is 5.75 Å². The lowest BCUT2D eigenvalue weighted by Gasteiger charge is -2.13. The first-order chi connectivity index (χ1) is 10.0. The van der Waals surface area contributed by atoms with Gasteiger partial charge in [-0.1, -0.05) is 42.3 Å². The van der Waals surface area contributed by atoms with E-state index in [0.717, 1.165) is 0 Å². The van der Waals surface area contributed by atoms with Crippen molar-refractivity contribution in [2.75, 3.05) is 0 Å². The summed E-state index contributed by atoms with van der Waals surface area (Å²) >= 11 is 12.1. The van der Waals surface area contributed by atoms with Gasteiger partial charge in [0.05, 0.1) is 10.0 Å². The minimum absolute atomic E-state index is 0.0517. The zero-order valence-electron chi connectivity index (χ0n) is 11.2. The van der Waals surface area contributed by atoms with Gasteiger partial charge < -0.3 is 9.84 Å². The number of aromatic hydroxyl groups is 1. The molecule has 0 saturated carbocycles. The van der Waals surface area contributed by atoms with Gasteiger partial charge in [0, 0.05) is 17.7 Å². The number of ether oxygens (including phenoxy) is 1. The van der Waals surface area contributed by atoms with Crippen LogP contribution in [0.3, 0.4) is 0 Å². The molecule has 2 nitrogen and oxygen atoms in total. The Morgan fingerprint density at radius 3 is 2.48 bits per heavy atom. The Kier molecular flexibility index (Phi) is 5.10. The average molecular weight is 327 g/mol. The topological polar surface area (TPSA) is 29.5 Å². The van der Waals surface area contributed by atoms with Crippen LogP contribution in [-0.2, 0) is 0 Å². The first-order valence-electron chi connectivity index (χ1n) is 6.33. The first-order valence-corrected chi connectivity index (χ1v) is 7.08. The molecule has 5 heteroatoms. The van der Waals surface area contributed by atoms with Crippen LogP contribution in [0.25, 0.3) is 5.76 Å². The monoisotopic (exact) mass is 326 g/mol. The second-order valence-electron chi connectivity index (χ2n) is 4.33. The summed E-state index contributed by atoms with van der Waals surface area (Å²) in [6, 6.07) is 8.71. The van der Waals surface area contributed by atoms with Gasteiger partial charge in [0.1, 0.15) is 17.3 Å². The minimum atomic E-state index is -0.360. The maximum atomic E-state index is 13.4. The van der Waals surface area contributed by atoms with Crippen molar-refractivity contribution in [2.24, 2.45) is 0 Å². The van der Waals surface area contributed by atoms with Gasteiger partial charge in [-0.15, -0.1) is 0 Å². The van der Waals surface area contributed by atoms with E-state index < -0.39 is 0 Å². The summed E-state index contributed by atoms with van der Waals surface area (Å²) in [5, 5.41) is 9.78. The zero-order valence-corrected chi connectivity index (χ0v) is 12.7. The molecule has 0 aromatic heterocycles. The van der Waals surface area contributed by atoms with Crippen LogP contribution in [0.15, 0.2) is 42.5 Å². The van der Waals surface area contributed by atoms with Gasteiger partial charge in [0.2, 0.25) is 0 Å². The van der Waals surface area contributed by atoms with Crippen LogP contribution < -0.4 is 4.74 Å². The second-order valence-corrected chi connectivity index (χ2v) is 5.14. The predicted octanol–water partition coefficient (Wildman–Crippen LogP) is 5.67. The van der Waals surface area contributed by atoms with Crippen molar-refractivity contribution in [3.8, 4) is 11.5 Å². The summed E-state index contributed by atoms with van der Waals surface area (Å²) in [7, 11) is 0. The van der Waals surface area contributed by atoms with Crippen molar-refractivity contribution in [2.45, 2.75) is 13.3 Å². The predicted molar refractivity (Wildman–Crippen MR) is 83.4 cm³/mol. The van der Waals surface area contributed by atoms with Crippen LogP contribution in [0.1, 0.15) is 18.9 Å². The average Bonchev–Trinajstić information content (AvgIpc) is 2.41. The van der Waals surface area contributed by atoms with Gasteiger partial charge in [-0.05, 0) is 24.6 Å². The molecule has 2 rings (SSSR count). The summed E-state index contributed by atoms with van der Waals surface area (Å²) in [6.45, 7) is 1.93. The maximum Gasteiger partial charge on any atom is 0.164 e. The lowest BCUT2D eigenvalue weighted by atomic mass is 10.1. The third-order valence-electron chi connectivity index (χ3n) is 2.69. The molecular weight excluding hydrogens is 314 g/mol. The lowest BCUT2D eigenvalue weighted by molar-refractivity contribution is 0.470. The molecule has 110 valence electrons. The molecule has 1 N–H and O–H groups in total. The number of phenols is 1. The smallest absolute Gasteiger partial charge is 0.164 e. The molecule has 0 aliphatic rings. The van der Waals surface area contributed by atoms with Crippen LogP contribution in [0.5, 0.6) is 11.5 Å². The molecule has 0 heterocycles. The van der Waals surface area contributed by atoms with Crippen LogP contribution in [0.2, 0.25) is 10.0 Å². The van der Waals surface area contributed by atoms with E-state index in [-0.39, 0.29) is 27.4 Å². The standard InChI is InChI=1S/C16H13Cl2FO2/c1-2-4-15(10-5-3-6-11(19)7-10)21-16-13(17)8-12(20)9-14(16)18/h3-9,20H,2H2,1H3. The summed E-state index contributed by atoms with van der Waals surface area (Å²) in [6.07, 6.45) is 2.49. The molecule has 2 aromatic rings. The van der Waals surface area contributed by atoms with E-state index in [1.807, 2.05) is 6.92 Å². The largest absolute Gasteiger partial charge is 0.508 e. The van der Waals surface area contributed by atoms with Crippen LogP contribution in [0, 0.1) is 5.82 Å². The zero-order chi connectivity index (χ0) is 15.4. The number of hydrogen-bond acceptors (Lipinski definition) is 2. The van der Waals surface area contributed by atoms with Crippen molar-refractivity contribution in [1.82, 2.24) is 0 Å². The fraction of sp³-hybridized carbons (Fsp3) is 0.125. The highest BCUT2D eigenvalue weighted by Crippen LogP contribution is 2.38. The second kappa shape index (κ2) is 6.83. The van der Waals surface area contributed by atoms with E-state index in [0.29, 0.717) is 17.7 Å². The molecule has 0 amide bonds. The fourth-order valence-corrected chi connectivity index (χ4v) is 2.35. The van der Waals surface area contributed by atoms with E-state index in [2.05, 4.69) is 0 Å². The Labute approximate surface area is 132 Å². The van der Waals surface area contributed by atoms with Crippen molar-refractivity contribution in [3.63, 3.8) is 0 Å². The van der Waals surface area contributed by atoms with Gasteiger partial charge in [-0.3, -0.25) is 0 Å². The van der Waals surface area contributed by atoms with Crippen molar-refractivity contribution in [3.05, 3.63) is 63.9 Å². The van der Waals surface area contributed by atoms with E-state index in [1.54, 1.807) is 18.2 Å². The third kappa shape index (κ3) is 3.90. The summed E-state index contributed by atoms with van der Waals surface area (Å²) in [5.41, 5.74) is 0.581. The number of phenolic OH excluding ortho intramolecular Hbond substituents is 1. The molecule has 0 saturated heterocycles. The van der Waals surface area contributed by atoms with Gasteiger partial charge >= 0.3 is 0 Å². The van der Waals surface area contributed by atoms with E-state index in [4.69, 9.17) is 27.9 Å². The summed E-state index contributed by atoms with van der Waals surface area (Å²) < 4.78 is 19.1. The molecule has 0 unspecified atom stereocenters. The maximum absolute atomic E-state index is 13.4.